The van der Waals surface area contributed by atoms with Crippen molar-refractivity contribution in [1.29, 1.82) is 0 Å². The molecule has 6 heteroatoms. The molecule has 1 saturated heterocycles. The van der Waals surface area contributed by atoms with E-state index in [2.05, 4.69) is 27.3 Å². The first kappa shape index (κ1) is 17.3. The molecule has 1 aliphatic heterocycles. The predicted octanol–water partition coefficient (Wildman–Crippen LogP) is 3.30. The fraction of sp³-hybridized carbons (Fsp3) is 0.238. The van der Waals surface area contributed by atoms with Gasteiger partial charge in [-0.2, -0.15) is 0 Å². The molecular formula is C21H22N4O2. The summed E-state index contributed by atoms with van der Waals surface area (Å²) in [5, 5.41) is 13.2. The molecule has 0 spiro atoms. The number of nitrogens with zero attached hydrogens (tertiary/aromatic N) is 3. The average Bonchev–Trinajstić information content (AvgIpc) is 2.73. The lowest BCUT2D eigenvalue weighted by molar-refractivity contribution is 0.122. The van der Waals surface area contributed by atoms with E-state index < -0.39 is 0 Å². The highest BCUT2D eigenvalue weighted by molar-refractivity contribution is 5.63. The van der Waals surface area contributed by atoms with Gasteiger partial charge in [-0.1, -0.05) is 42.5 Å². The number of benzene rings is 2. The van der Waals surface area contributed by atoms with Gasteiger partial charge in [0, 0.05) is 31.3 Å². The summed E-state index contributed by atoms with van der Waals surface area (Å²) in [4.78, 5) is 11.6. The zero-order chi connectivity index (χ0) is 18.5. The number of ether oxygens (including phenoxy) is 1. The van der Waals surface area contributed by atoms with Crippen molar-refractivity contribution in [1.82, 2.24) is 9.97 Å². The van der Waals surface area contributed by atoms with Crippen LogP contribution in [0.25, 0.3) is 11.4 Å². The zero-order valence-electron chi connectivity index (χ0n) is 15.0. The number of phenolic OH excluding ortho intramolecular Hbond substituents is 1. The van der Waals surface area contributed by atoms with Crippen LogP contribution in [-0.2, 0) is 11.3 Å². The number of morpholine rings is 1. The molecule has 1 fully saturated rings. The van der Waals surface area contributed by atoms with Crippen molar-refractivity contribution in [2.75, 3.05) is 36.5 Å². The quantitative estimate of drug-likeness (QED) is 0.726. The standard InChI is InChI=1S/C21H22N4O2/c26-18-8-4-7-17(13-18)21-23-19(22-15-16-5-2-1-3-6-16)14-20(24-21)25-9-11-27-12-10-25/h1-8,13-14,26H,9-12,15H2,(H,22,23,24). The average molecular weight is 362 g/mol. The largest absolute Gasteiger partial charge is 0.508 e. The van der Waals surface area contributed by atoms with E-state index in [1.165, 1.54) is 5.56 Å². The van der Waals surface area contributed by atoms with E-state index in [1.54, 1.807) is 18.2 Å². The van der Waals surface area contributed by atoms with Crippen LogP contribution in [0.3, 0.4) is 0 Å². The molecule has 0 saturated carbocycles. The van der Waals surface area contributed by atoms with E-state index in [-0.39, 0.29) is 5.75 Å². The molecule has 0 unspecified atom stereocenters. The fourth-order valence-electron chi connectivity index (χ4n) is 3.04. The number of anilines is 2. The minimum absolute atomic E-state index is 0.201. The van der Waals surface area contributed by atoms with Crippen molar-refractivity contribution in [2.24, 2.45) is 0 Å². The number of aromatic nitrogens is 2. The van der Waals surface area contributed by atoms with Crippen LogP contribution in [0, 0.1) is 0 Å². The molecule has 0 amide bonds. The number of hydrogen-bond acceptors (Lipinski definition) is 6. The third-order valence-electron chi connectivity index (χ3n) is 4.47. The van der Waals surface area contributed by atoms with Crippen LogP contribution < -0.4 is 10.2 Å². The van der Waals surface area contributed by atoms with Gasteiger partial charge < -0.3 is 20.1 Å². The van der Waals surface area contributed by atoms with Gasteiger partial charge in [0.05, 0.1) is 13.2 Å². The number of hydrogen-bond donors (Lipinski definition) is 2. The van der Waals surface area contributed by atoms with Gasteiger partial charge >= 0.3 is 0 Å². The second-order valence-corrected chi connectivity index (χ2v) is 6.42. The lowest BCUT2D eigenvalue weighted by atomic mass is 10.2. The fourth-order valence-corrected chi connectivity index (χ4v) is 3.04. The minimum Gasteiger partial charge on any atom is -0.508 e. The molecular weight excluding hydrogens is 340 g/mol. The summed E-state index contributed by atoms with van der Waals surface area (Å²) < 4.78 is 5.45. The monoisotopic (exact) mass is 362 g/mol. The Labute approximate surface area is 158 Å². The molecule has 0 radical (unpaired) electrons. The van der Waals surface area contributed by atoms with E-state index in [0.717, 1.165) is 30.3 Å². The number of aromatic hydroxyl groups is 1. The van der Waals surface area contributed by atoms with Gasteiger partial charge in [0.15, 0.2) is 5.82 Å². The van der Waals surface area contributed by atoms with Crippen LogP contribution in [0.1, 0.15) is 5.56 Å². The van der Waals surface area contributed by atoms with Gasteiger partial charge in [-0.15, -0.1) is 0 Å². The predicted molar refractivity (Wildman–Crippen MR) is 106 cm³/mol. The molecule has 138 valence electrons. The Hall–Kier alpha value is -3.12. The molecule has 1 aromatic heterocycles. The van der Waals surface area contributed by atoms with E-state index in [0.29, 0.717) is 25.6 Å². The Balaban J connectivity index is 1.65. The molecule has 1 aliphatic rings. The van der Waals surface area contributed by atoms with Crippen LogP contribution in [0.2, 0.25) is 0 Å². The maximum absolute atomic E-state index is 9.82. The third kappa shape index (κ3) is 4.35. The summed E-state index contributed by atoms with van der Waals surface area (Å²) in [6, 6.07) is 19.2. The highest BCUT2D eigenvalue weighted by atomic mass is 16.5. The van der Waals surface area contributed by atoms with Crippen molar-refractivity contribution < 1.29 is 9.84 Å². The molecule has 27 heavy (non-hydrogen) atoms. The van der Waals surface area contributed by atoms with E-state index >= 15 is 0 Å². The van der Waals surface area contributed by atoms with E-state index in [4.69, 9.17) is 9.72 Å². The maximum atomic E-state index is 9.82. The topological polar surface area (TPSA) is 70.5 Å². The number of nitrogens with one attached hydrogen (secondary N) is 1. The third-order valence-corrected chi connectivity index (χ3v) is 4.47. The molecule has 2 heterocycles. The van der Waals surface area contributed by atoms with Crippen LogP contribution in [0.4, 0.5) is 11.6 Å². The molecule has 4 rings (SSSR count). The summed E-state index contributed by atoms with van der Waals surface area (Å²) >= 11 is 0. The van der Waals surface area contributed by atoms with Crippen molar-refractivity contribution in [3.05, 3.63) is 66.2 Å². The summed E-state index contributed by atoms with van der Waals surface area (Å²) in [5.41, 5.74) is 1.97. The van der Waals surface area contributed by atoms with Crippen LogP contribution in [0.15, 0.2) is 60.7 Å². The molecule has 0 atom stereocenters. The maximum Gasteiger partial charge on any atom is 0.163 e. The smallest absolute Gasteiger partial charge is 0.163 e. The Kier molecular flexibility index (Phi) is 5.16. The number of rotatable bonds is 5. The minimum atomic E-state index is 0.201. The SMILES string of the molecule is Oc1cccc(-c2nc(NCc3ccccc3)cc(N3CCOCC3)n2)c1. The van der Waals surface area contributed by atoms with Crippen LogP contribution in [-0.4, -0.2) is 41.4 Å². The molecule has 0 aliphatic carbocycles. The van der Waals surface area contributed by atoms with Crippen molar-refractivity contribution in [3.63, 3.8) is 0 Å². The van der Waals surface area contributed by atoms with Gasteiger partial charge in [-0.25, -0.2) is 9.97 Å². The molecule has 3 aromatic rings. The Morgan fingerprint density at radius 3 is 2.56 bits per heavy atom. The Morgan fingerprint density at radius 1 is 0.963 bits per heavy atom. The van der Waals surface area contributed by atoms with Crippen molar-refractivity contribution in [3.8, 4) is 17.1 Å². The lowest BCUT2D eigenvalue weighted by Crippen LogP contribution is -2.36. The molecule has 6 nitrogen and oxygen atoms in total. The first-order valence-corrected chi connectivity index (χ1v) is 9.07. The lowest BCUT2D eigenvalue weighted by Gasteiger charge is -2.28. The summed E-state index contributed by atoms with van der Waals surface area (Å²) in [5.74, 6) is 2.41. The normalized spacial score (nSPS) is 14.1. The van der Waals surface area contributed by atoms with Gasteiger partial charge in [0.1, 0.15) is 17.4 Å². The Morgan fingerprint density at radius 2 is 1.78 bits per heavy atom. The zero-order valence-corrected chi connectivity index (χ0v) is 15.0. The number of phenols is 1. The summed E-state index contributed by atoms with van der Waals surface area (Å²) in [6.45, 7) is 3.67. The second-order valence-electron chi connectivity index (χ2n) is 6.42. The summed E-state index contributed by atoms with van der Waals surface area (Å²) in [6.07, 6.45) is 0. The van der Waals surface area contributed by atoms with Gasteiger partial charge in [-0.05, 0) is 17.7 Å². The van der Waals surface area contributed by atoms with Crippen molar-refractivity contribution in [2.45, 2.75) is 6.54 Å². The molecule has 0 bridgehead atoms. The van der Waals surface area contributed by atoms with Crippen molar-refractivity contribution >= 4 is 11.6 Å². The van der Waals surface area contributed by atoms with Gasteiger partial charge in [0.2, 0.25) is 0 Å². The van der Waals surface area contributed by atoms with Crippen LogP contribution in [0.5, 0.6) is 5.75 Å². The molecule has 2 N–H and O–H groups in total. The first-order valence-electron chi connectivity index (χ1n) is 9.07. The van der Waals surface area contributed by atoms with E-state index in [9.17, 15) is 5.11 Å². The first-order chi connectivity index (χ1) is 13.3. The summed E-state index contributed by atoms with van der Waals surface area (Å²) in [7, 11) is 0. The second kappa shape index (κ2) is 8.05. The van der Waals surface area contributed by atoms with E-state index in [1.807, 2.05) is 30.3 Å². The Bertz CT molecular complexity index is 896. The highest BCUT2D eigenvalue weighted by Crippen LogP contribution is 2.25. The highest BCUT2D eigenvalue weighted by Gasteiger charge is 2.16. The van der Waals surface area contributed by atoms with Gasteiger partial charge in [0.25, 0.3) is 0 Å². The van der Waals surface area contributed by atoms with Crippen LogP contribution >= 0.6 is 0 Å². The molecule has 2 aromatic carbocycles. The van der Waals surface area contributed by atoms with Gasteiger partial charge in [-0.3, -0.25) is 0 Å².